The second kappa shape index (κ2) is 6.75. The minimum atomic E-state index is -0.776. The molecule has 0 spiro atoms. The van der Waals surface area contributed by atoms with Crippen LogP contribution in [0.2, 0.25) is 0 Å². The van der Waals surface area contributed by atoms with E-state index >= 15 is 0 Å². The van der Waals surface area contributed by atoms with E-state index in [4.69, 9.17) is 9.47 Å². The van der Waals surface area contributed by atoms with Crippen LogP contribution in [0.5, 0.6) is 11.5 Å². The molecule has 4 nitrogen and oxygen atoms in total. The van der Waals surface area contributed by atoms with E-state index in [1.165, 1.54) is 12.1 Å². The van der Waals surface area contributed by atoms with Gasteiger partial charge in [-0.1, -0.05) is 6.07 Å². The Morgan fingerprint density at radius 3 is 2.50 bits per heavy atom. The maximum atomic E-state index is 13.9. The summed E-state index contributed by atoms with van der Waals surface area (Å²) in [5.74, 6) is 0.0552. The average Bonchev–Trinajstić information content (AvgIpc) is 2.56. The Morgan fingerprint density at radius 1 is 1.12 bits per heavy atom. The Balaban J connectivity index is 1.91. The Labute approximate surface area is 139 Å². The number of hydrogen-bond acceptors (Lipinski definition) is 4. The van der Waals surface area contributed by atoms with E-state index in [1.807, 2.05) is 4.90 Å². The number of methoxy groups -OCH3 is 2. The van der Waals surface area contributed by atoms with Crippen molar-refractivity contribution >= 4 is 0 Å². The molecule has 2 aromatic carbocycles. The highest BCUT2D eigenvalue weighted by molar-refractivity contribution is 5.51. The number of fused-ring (bicyclic) bond motifs is 1. The van der Waals surface area contributed by atoms with E-state index in [0.717, 1.165) is 11.6 Å². The zero-order chi connectivity index (χ0) is 17.3. The van der Waals surface area contributed by atoms with Crippen LogP contribution >= 0.6 is 0 Å². The maximum Gasteiger partial charge on any atom is 0.130 e. The number of hydrogen-bond donors (Lipinski definition) is 1. The molecule has 0 saturated carbocycles. The van der Waals surface area contributed by atoms with Gasteiger partial charge in [0.25, 0.3) is 0 Å². The molecule has 1 N–H and O–H groups in total. The summed E-state index contributed by atoms with van der Waals surface area (Å²) in [6.07, 6.45) is -0.776. The van der Waals surface area contributed by atoms with Crippen LogP contribution in [-0.2, 0) is 13.1 Å². The summed E-state index contributed by atoms with van der Waals surface area (Å²) in [4.78, 5) is 1.89. The van der Waals surface area contributed by atoms with Crippen molar-refractivity contribution in [3.05, 3.63) is 58.7 Å². The van der Waals surface area contributed by atoms with E-state index in [1.54, 1.807) is 26.4 Å². The first-order chi connectivity index (χ1) is 11.5. The van der Waals surface area contributed by atoms with Gasteiger partial charge >= 0.3 is 0 Å². The zero-order valence-corrected chi connectivity index (χ0v) is 13.6. The number of β-amino-alcohol motifs (C(OH)–C–C–N with tert-alkyl or cyclic N) is 1. The molecule has 1 unspecified atom stereocenters. The summed E-state index contributed by atoms with van der Waals surface area (Å²) in [6.45, 7) is 1.07. The van der Waals surface area contributed by atoms with Crippen molar-refractivity contribution in [1.29, 1.82) is 0 Å². The fraction of sp³-hybridized carbons (Fsp3) is 0.333. The molecule has 0 bridgehead atoms. The minimum Gasteiger partial charge on any atom is -0.496 e. The lowest BCUT2D eigenvalue weighted by molar-refractivity contribution is 0.0836. The van der Waals surface area contributed by atoms with Gasteiger partial charge in [-0.2, -0.15) is 0 Å². The Hall–Kier alpha value is -2.18. The van der Waals surface area contributed by atoms with Gasteiger partial charge in [0.2, 0.25) is 0 Å². The van der Waals surface area contributed by atoms with Gasteiger partial charge in [0.05, 0.1) is 20.3 Å². The molecule has 1 atom stereocenters. The van der Waals surface area contributed by atoms with Crippen LogP contribution in [0.3, 0.4) is 0 Å². The van der Waals surface area contributed by atoms with Gasteiger partial charge in [0, 0.05) is 42.4 Å². The first-order valence-corrected chi connectivity index (χ1v) is 7.61. The molecular weight excluding hydrogens is 316 g/mol. The van der Waals surface area contributed by atoms with E-state index in [2.05, 4.69) is 0 Å². The fourth-order valence-electron chi connectivity index (χ4n) is 3.16. The van der Waals surface area contributed by atoms with Gasteiger partial charge in [-0.3, -0.25) is 4.90 Å². The summed E-state index contributed by atoms with van der Waals surface area (Å²) < 4.78 is 37.6. The Morgan fingerprint density at radius 2 is 1.83 bits per heavy atom. The molecule has 3 rings (SSSR count). The second-order valence-corrected chi connectivity index (χ2v) is 5.78. The molecule has 2 aromatic rings. The van der Waals surface area contributed by atoms with E-state index in [9.17, 15) is 13.9 Å². The molecule has 6 heteroatoms. The maximum absolute atomic E-state index is 13.9. The number of benzene rings is 2. The van der Waals surface area contributed by atoms with Crippen molar-refractivity contribution in [3.8, 4) is 11.5 Å². The third kappa shape index (κ3) is 3.07. The lowest BCUT2D eigenvalue weighted by Gasteiger charge is -2.34. The van der Waals surface area contributed by atoms with Crippen molar-refractivity contribution in [3.63, 3.8) is 0 Å². The van der Waals surface area contributed by atoms with Gasteiger partial charge in [-0.05, 0) is 18.2 Å². The molecule has 1 aliphatic heterocycles. The van der Waals surface area contributed by atoms with E-state index in [0.29, 0.717) is 35.7 Å². The number of nitrogens with zero attached hydrogens (tertiary/aromatic N) is 1. The van der Waals surface area contributed by atoms with Crippen molar-refractivity contribution in [2.24, 2.45) is 0 Å². The molecule has 1 aliphatic rings. The largest absolute Gasteiger partial charge is 0.496 e. The lowest BCUT2D eigenvalue weighted by atomic mass is 9.95. The number of aliphatic hydroxyl groups is 1. The second-order valence-electron chi connectivity index (χ2n) is 5.78. The van der Waals surface area contributed by atoms with Crippen molar-refractivity contribution in [1.82, 2.24) is 4.90 Å². The van der Waals surface area contributed by atoms with Crippen LogP contribution in [0.25, 0.3) is 0 Å². The number of ether oxygens (including phenoxy) is 2. The highest BCUT2D eigenvalue weighted by Gasteiger charge is 2.29. The SMILES string of the molecule is COc1ccc(OC)c2c1CN(Cc1ccc(F)cc1F)CC2O. The molecule has 24 heavy (non-hydrogen) atoms. The van der Waals surface area contributed by atoms with Crippen molar-refractivity contribution in [2.75, 3.05) is 20.8 Å². The lowest BCUT2D eigenvalue weighted by Crippen LogP contribution is -2.34. The highest BCUT2D eigenvalue weighted by atomic mass is 19.1. The van der Waals surface area contributed by atoms with Crippen molar-refractivity contribution in [2.45, 2.75) is 19.2 Å². The summed E-state index contributed by atoms with van der Waals surface area (Å²) in [5.41, 5.74) is 1.90. The van der Waals surface area contributed by atoms with E-state index < -0.39 is 17.7 Å². The first kappa shape index (κ1) is 16.7. The standard InChI is InChI=1S/C18H19F2NO3/c1-23-16-5-6-17(24-2)18-13(16)9-21(10-15(18)22)8-11-3-4-12(19)7-14(11)20/h3-7,15,22H,8-10H2,1-2H3. The fourth-order valence-corrected chi connectivity index (χ4v) is 3.16. The summed E-state index contributed by atoms with van der Waals surface area (Å²) in [7, 11) is 3.11. The Kier molecular flexibility index (Phi) is 4.69. The first-order valence-electron chi connectivity index (χ1n) is 7.61. The molecular formula is C18H19F2NO3. The highest BCUT2D eigenvalue weighted by Crippen LogP contribution is 2.39. The summed E-state index contributed by atoms with van der Waals surface area (Å²) >= 11 is 0. The van der Waals surface area contributed by atoms with Crippen molar-refractivity contribution < 1.29 is 23.4 Å². The quantitative estimate of drug-likeness (QED) is 0.933. The molecule has 0 fully saturated rings. The summed E-state index contributed by atoms with van der Waals surface area (Å²) in [6, 6.07) is 7.07. The van der Waals surface area contributed by atoms with Crippen LogP contribution in [0.1, 0.15) is 22.8 Å². The van der Waals surface area contributed by atoms with Crippen LogP contribution in [0, 0.1) is 11.6 Å². The average molecular weight is 335 g/mol. The normalized spacial score (nSPS) is 17.5. The molecule has 0 radical (unpaired) electrons. The van der Waals surface area contributed by atoms with Gasteiger partial charge in [0.1, 0.15) is 23.1 Å². The number of aliphatic hydroxyl groups excluding tert-OH is 1. The van der Waals surface area contributed by atoms with Crippen LogP contribution in [0.4, 0.5) is 8.78 Å². The topological polar surface area (TPSA) is 41.9 Å². The van der Waals surface area contributed by atoms with Gasteiger partial charge in [-0.15, -0.1) is 0 Å². The number of halogens is 2. The predicted molar refractivity (Wildman–Crippen MR) is 85.0 cm³/mol. The van der Waals surface area contributed by atoms with Gasteiger partial charge in [-0.25, -0.2) is 8.78 Å². The monoisotopic (exact) mass is 335 g/mol. The summed E-state index contributed by atoms with van der Waals surface area (Å²) in [5, 5.41) is 10.5. The van der Waals surface area contributed by atoms with Crippen LogP contribution in [0.15, 0.2) is 30.3 Å². The minimum absolute atomic E-state index is 0.267. The van der Waals surface area contributed by atoms with E-state index in [-0.39, 0.29) is 6.54 Å². The molecule has 0 aliphatic carbocycles. The molecule has 128 valence electrons. The Bertz CT molecular complexity index is 751. The molecule has 0 amide bonds. The zero-order valence-electron chi connectivity index (χ0n) is 13.6. The third-order valence-electron chi connectivity index (χ3n) is 4.27. The van der Waals surface area contributed by atoms with Crippen LogP contribution in [-0.4, -0.2) is 30.8 Å². The molecule has 0 saturated heterocycles. The van der Waals surface area contributed by atoms with Crippen LogP contribution < -0.4 is 9.47 Å². The number of rotatable bonds is 4. The smallest absolute Gasteiger partial charge is 0.130 e. The van der Waals surface area contributed by atoms with Gasteiger partial charge < -0.3 is 14.6 Å². The third-order valence-corrected chi connectivity index (χ3v) is 4.27. The predicted octanol–water partition coefficient (Wildman–Crippen LogP) is 3.03. The van der Waals surface area contributed by atoms with Gasteiger partial charge in [0.15, 0.2) is 0 Å². The molecule has 1 heterocycles. The molecule has 0 aromatic heterocycles.